The van der Waals surface area contributed by atoms with Crippen molar-refractivity contribution in [1.82, 2.24) is 10.2 Å². The van der Waals surface area contributed by atoms with E-state index in [-0.39, 0.29) is 19.1 Å². The van der Waals surface area contributed by atoms with E-state index < -0.39 is 17.7 Å². The summed E-state index contributed by atoms with van der Waals surface area (Å²) in [5.74, 6) is -0.247. The molecule has 1 heterocycles. The van der Waals surface area contributed by atoms with Gasteiger partial charge in [-0.05, 0) is 30.5 Å². The van der Waals surface area contributed by atoms with Gasteiger partial charge in [0.2, 0.25) is 0 Å². The first-order valence-corrected chi connectivity index (χ1v) is 9.44. The van der Waals surface area contributed by atoms with Crippen molar-refractivity contribution in [2.24, 2.45) is 0 Å². The SMILES string of the molecule is CCCC1(CCC)NC(=O)N(CC(O)COCc2ccc(Cl)cc2)C1=O. The van der Waals surface area contributed by atoms with E-state index in [1.54, 1.807) is 12.1 Å². The molecule has 1 unspecified atom stereocenters. The molecule has 0 radical (unpaired) electrons. The number of β-amino-alcohol motifs (C(OH)–C–C–N with tert-alkyl or cyclic N) is 1. The second kappa shape index (κ2) is 9.35. The van der Waals surface area contributed by atoms with Crippen molar-refractivity contribution in [3.05, 3.63) is 34.9 Å². The molecule has 0 spiro atoms. The molecule has 2 N–H and O–H groups in total. The Morgan fingerprint density at radius 2 is 1.81 bits per heavy atom. The van der Waals surface area contributed by atoms with E-state index in [0.717, 1.165) is 23.3 Å². The second-order valence-electron chi connectivity index (χ2n) is 6.72. The van der Waals surface area contributed by atoms with Crippen LogP contribution in [-0.4, -0.2) is 46.7 Å². The summed E-state index contributed by atoms with van der Waals surface area (Å²) in [4.78, 5) is 26.1. The Balaban J connectivity index is 1.87. The third-order valence-electron chi connectivity index (χ3n) is 4.48. The van der Waals surface area contributed by atoms with Crippen LogP contribution in [-0.2, 0) is 16.1 Å². The van der Waals surface area contributed by atoms with Crippen molar-refractivity contribution in [2.75, 3.05) is 13.2 Å². The molecule has 2 rings (SSSR count). The van der Waals surface area contributed by atoms with E-state index in [1.807, 2.05) is 26.0 Å². The molecule has 0 saturated carbocycles. The van der Waals surface area contributed by atoms with Crippen molar-refractivity contribution in [2.45, 2.75) is 57.8 Å². The summed E-state index contributed by atoms with van der Waals surface area (Å²) >= 11 is 5.83. The van der Waals surface area contributed by atoms with Gasteiger partial charge >= 0.3 is 6.03 Å². The average Bonchev–Trinajstić information content (AvgIpc) is 2.82. The molecule has 0 bridgehead atoms. The number of benzene rings is 1. The average molecular weight is 383 g/mol. The summed E-state index contributed by atoms with van der Waals surface area (Å²) in [6, 6.07) is 6.79. The van der Waals surface area contributed by atoms with Gasteiger partial charge in [-0.2, -0.15) is 0 Å². The molecule has 1 aliphatic heterocycles. The van der Waals surface area contributed by atoms with Gasteiger partial charge in [0, 0.05) is 5.02 Å². The molecule has 1 aliphatic rings. The number of aliphatic hydroxyl groups excluding tert-OH is 1. The lowest BCUT2D eigenvalue weighted by Crippen LogP contribution is -2.47. The number of nitrogens with zero attached hydrogens (tertiary/aromatic N) is 1. The molecule has 3 amide bonds. The van der Waals surface area contributed by atoms with Crippen LogP contribution in [0.25, 0.3) is 0 Å². The summed E-state index contributed by atoms with van der Waals surface area (Å²) in [6.07, 6.45) is 1.87. The lowest BCUT2D eigenvalue weighted by atomic mass is 9.88. The van der Waals surface area contributed by atoms with Crippen LogP contribution in [0.15, 0.2) is 24.3 Å². The Morgan fingerprint density at radius 3 is 2.38 bits per heavy atom. The van der Waals surface area contributed by atoms with Gasteiger partial charge in [0.1, 0.15) is 5.54 Å². The minimum atomic E-state index is -0.934. The van der Waals surface area contributed by atoms with Gasteiger partial charge in [0.15, 0.2) is 0 Å². The number of carbonyl (C=O) groups excluding carboxylic acids is 2. The highest BCUT2D eigenvalue weighted by atomic mass is 35.5. The fourth-order valence-electron chi connectivity index (χ4n) is 3.32. The third kappa shape index (κ3) is 4.96. The smallest absolute Gasteiger partial charge is 0.325 e. The Hall–Kier alpha value is -1.63. The molecule has 0 aliphatic carbocycles. The van der Waals surface area contributed by atoms with Crippen molar-refractivity contribution in [3.8, 4) is 0 Å². The van der Waals surface area contributed by atoms with Gasteiger partial charge in [-0.1, -0.05) is 50.4 Å². The lowest BCUT2D eigenvalue weighted by molar-refractivity contribution is -0.133. The predicted octanol–water partition coefficient (Wildman–Crippen LogP) is 3.11. The maximum Gasteiger partial charge on any atom is 0.325 e. The van der Waals surface area contributed by atoms with Gasteiger partial charge in [0.05, 0.1) is 25.9 Å². The topological polar surface area (TPSA) is 78.9 Å². The number of urea groups is 1. The third-order valence-corrected chi connectivity index (χ3v) is 4.74. The number of imide groups is 1. The maximum absolute atomic E-state index is 12.8. The zero-order valence-corrected chi connectivity index (χ0v) is 16.1. The molecule has 1 aromatic rings. The number of amides is 3. The molecule has 144 valence electrons. The van der Waals surface area contributed by atoms with Crippen molar-refractivity contribution < 1.29 is 19.4 Å². The van der Waals surface area contributed by atoms with E-state index in [9.17, 15) is 14.7 Å². The Labute approximate surface area is 159 Å². The molecule has 1 atom stereocenters. The van der Waals surface area contributed by atoms with E-state index in [2.05, 4.69) is 5.32 Å². The minimum Gasteiger partial charge on any atom is -0.389 e. The van der Waals surface area contributed by atoms with Crippen LogP contribution in [0.1, 0.15) is 45.1 Å². The number of carbonyl (C=O) groups is 2. The van der Waals surface area contributed by atoms with Crippen LogP contribution in [0, 0.1) is 0 Å². The van der Waals surface area contributed by atoms with E-state index in [4.69, 9.17) is 16.3 Å². The largest absolute Gasteiger partial charge is 0.389 e. The summed E-state index contributed by atoms with van der Waals surface area (Å²) in [5, 5.41) is 13.7. The molecule has 7 heteroatoms. The van der Waals surface area contributed by atoms with Crippen molar-refractivity contribution in [1.29, 1.82) is 0 Å². The fraction of sp³-hybridized carbons (Fsp3) is 0.579. The van der Waals surface area contributed by atoms with Crippen LogP contribution in [0.5, 0.6) is 0 Å². The standard InChI is InChI=1S/C19H27ClN2O4/c1-3-9-19(10-4-2)17(24)22(18(25)21-19)11-16(23)13-26-12-14-5-7-15(20)8-6-14/h5-8,16,23H,3-4,9-13H2,1-2H3,(H,21,25). The lowest BCUT2D eigenvalue weighted by Gasteiger charge is -2.26. The predicted molar refractivity (Wildman–Crippen MR) is 99.9 cm³/mol. The molecule has 0 aromatic heterocycles. The molecule has 1 aromatic carbocycles. The molecular formula is C19H27ClN2O4. The monoisotopic (exact) mass is 382 g/mol. The van der Waals surface area contributed by atoms with Gasteiger partial charge in [-0.25, -0.2) is 4.79 Å². The zero-order chi connectivity index (χ0) is 19.2. The van der Waals surface area contributed by atoms with Gasteiger partial charge in [0.25, 0.3) is 5.91 Å². The zero-order valence-electron chi connectivity index (χ0n) is 15.3. The summed E-state index contributed by atoms with van der Waals surface area (Å²) in [6.45, 7) is 4.26. The number of halogens is 1. The maximum atomic E-state index is 12.8. The number of ether oxygens (including phenoxy) is 1. The van der Waals surface area contributed by atoms with Gasteiger partial charge < -0.3 is 15.2 Å². The Bertz CT molecular complexity index is 614. The first kappa shape index (κ1) is 20.7. The van der Waals surface area contributed by atoms with E-state index >= 15 is 0 Å². The van der Waals surface area contributed by atoms with Crippen LogP contribution < -0.4 is 5.32 Å². The number of hydrogen-bond acceptors (Lipinski definition) is 4. The van der Waals surface area contributed by atoms with Gasteiger partial charge in [-0.15, -0.1) is 0 Å². The van der Waals surface area contributed by atoms with Crippen LogP contribution in [0.4, 0.5) is 4.79 Å². The molecule has 1 saturated heterocycles. The quantitative estimate of drug-likeness (QED) is 0.609. The second-order valence-corrected chi connectivity index (χ2v) is 7.16. The molecule has 6 nitrogen and oxygen atoms in total. The van der Waals surface area contributed by atoms with Crippen LogP contribution in [0.3, 0.4) is 0 Å². The minimum absolute atomic E-state index is 0.0360. The number of aliphatic hydroxyl groups is 1. The number of rotatable bonds is 10. The fourth-order valence-corrected chi connectivity index (χ4v) is 3.44. The van der Waals surface area contributed by atoms with E-state index in [1.165, 1.54) is 0 Å². The highest BCUT2D eigenvalue weighted by molar-refractivity contribution is 6.30. The molecule has 1 fully saturated rings. The summed E-state index contributed by atoms with van der Waals surface area (Å²) in [5.41, 5.74) is 0.103. The highest BCUT2D eigenvalue weighted by Gasteiger charge is 2.49. The molecule has 26 heavy (non-hydrogen) atoms. The first-order chi connectivity index (χ1) is 12.4. The number of nitrogens with one attached hydrogen (secondary N) is 1. The van der Waals surface area contributed by atoms with Crippen molar-refractivity contribution >= 4 is 23.5 Å². The highest BCUT2D eigenvalue weighted by Crippen LogP contribution is 2.28. The Morgan fingerprint density at radius 1 is 1.19 bits per heavy atom. The summed E-state index contributed by atoms with van der Waals surface area (Å²) in [7, 11) is 0. The van der Waals surface area contributed by atoms with Crippen molar-refractivity contribution in [3.63, 3.8) is 0 Å². The summed E-state index contributed by atoms with van der Waals surface area (Å²) < 4.78 is 5.49. The normalized spacial score (nSPS) is 17.5. The van der Waals surface area contributed by atoms with Gasteiger partial charge in [-0.3, -0.25) is 9.69 Å². The first-order valence-electron chi connectivity index (χ1n) is 9.06. The number of hydrogen-bond donors (Lipinski definition) is 2. The van der Waals surface area contributed by atoms with Crippen LogP contribution >= 0.6 is 11.6 Å². The Kier molecular flexibility index (Phi) is 7.43. The molecular weight excluding hydrogens is 356 g/mol. The van der Waals surface area contributed by atoms with E-state index in [0.29, 0.717) is 24.5 Å². The van der Waals surface area contributed by atoms with Crippen LogP contribution in [0.2, 0.25) is 5.02 Å².